The molecule has 130 valence electrons. The summed E-state index contributed by atoms with van der Waals surface area (Å²) in [5.74, 6) is -1.66. The predicted octanol–water partition coefficient (Wildman–Crippen LogP) is 2.95. The topological polar surface area (TPSA) is 70.2 Å². The third kappa shape index (κ3) is 5.92. The molecule has 25 heavy (non-hydrogen) atoms. The van der Waals surface area contributed by atoms with Crippen LogP contribution in [0.5, 0.6) is 0 Å². The van der Waals surface area contributed by atoms with Crippen LogP contribution in [0.1, 0.15) is 23.2 Å². The molecule has 0 unspecified atom stereocenters. The third-order valence-corrected chi connectivity index (χ3v) is 3.39. The van der Waals surface area contributed by atoms with Gasteiger partial charge in [-0.2, -0.15) is 0 Å². The average Bonchev–Trinajstić information content (AvgIpc) is 2.60. The molecular weight excluding hydrogens is 348 g/mol. The SMILES string of the molecule is O=C(CCC(=O)c1ccc(F)cc1)NNC(=S)Nc1ccccc1F. The fraction of sp³-hybridized carbons (Fsp3) is 0.118. The highest BCUT2D eigenvalue weighted by atomic mass is 32.1. The van der Waals surface area contributed by atoms with Gasteiger partial charge in [-0.3, -0.25) is 20.4 Å². The minimum Gasteiger partial charge on any atom is -0.329 e. The highest BCUT2D eigenvalue weighted by molar-refractivity contribution is 7.80. The molecule has 0 aromatic heterocycles. The summed E-state index contributed by atoms with van der Waals surface area (Å²) >= 11 is 4.93. The lowest BCUT2D eigenvalue weighted by molar-refractivity contribution is -0.121. The zero-order chi connectivity index (χ0) is 18.2. The lowest BCUT2D eigenvalue weighted by Crippen LogP contribution is -2.43. The van der Waals surface area contributed by atoms with E-state index in [-0.39, 0.29) is 29.4 Å². The Kier molecular flexibility index (Phi) is 6.53. The first-order valence-electron chi connectivity index (χ1n) is 7.35. The molecule has 0 aliphatic heterocycles. The Morgan fingerprint density at radius 2 is 1.60 bits per heavy atom. The van der Waals surface area contributed by atoms with Crippen molar-refractivity contribution >= 4 is 34.7 Å². The van der Waals surface area contributed by atoms with Crippen LogP contribution in [0, 0.1) is 11.6 Å². The van der Waals surface area contributed by atoms with E-state index in [1.165, 1.54) is 42.5 Å². The molecule has 0 spiro atoms. The summed E-state index contributed by atoms with van der Waals surface area (Å²) in [6.07, 6.45) is -0.113. The summed E-state index contributed by atoms with van der Waals surface area (Å²) < 4.78 is 26.2. The number of para-hydroxylation sites is 1. The Morgan fingerprint density at radius 1 is 0.920 bits per heavy atom. The van der Waals surface area contributed by atoms with Gasteiger partial charge in [0, 0.05) is 18.4 Å². The number of hydrazine groups is 1. The van der Waals surface area contributed by atoms with Gasteiger partial charge in [0.1, 0.15) is 11.6 Å². The van der Waals surface area contributed by atoms with Crippen molar-refractivity contribution in [1.29, 1.82) is 0 Å². The monoisotopic (exact) mass is 363 g/mol. The molecule has 2 aromatic rings. The Hall–Kier alpha value is -2.87. The van der Waals surface area contributed by atoms with Crippen molar-refractivity contribution in [2.45, 2.75) is 12.8 Å². The minimum atomic E-state index is -0.483. The van der Waals surface area contributed by atoms with Crippen molar-refractivity contribution in [1.82, 2.24) is 10.9 Å². The normalized spacial score (nSPS) is 10.0. The molecule has 0 aliphatic carbocycles. The summed E-state index contributed by atoms with van der Waals surface area (Å²) in [5.41, 5.74) is 5.23. The van der Waals surface area contributed by atoms with Crippen LogP contribution in [-0.2, 0) is 4.79 Å². The molecule has 0 radical (unpaired) electrons. The first-order valence-corrected chi connectivity index (χ1v) is 7.75. The number of ketones is 1. The van der Waals surface area contributed by atoms with E-state index in [9.17, 15) is 18.4 Å². The second-order valence-electron chi connectivity index (χ2n) is 5.04. The number of Topliss-reactive ketones (excluding diaryl/α,β-unsaturated/α-hetero) is 1. The summed E-state index contributed by atoms with van der Waals surface area (Å²) in [7, 11) is 0. The predicted molar refractivity (Wildman–Crippen MR) is 93.9 cm³/mol. The smallest absolute Gasteiger partial charge is 0.238 e. The van der Waals surface area contributed by atoms with E-state index in [4.69, 9.17) is 12.2 Å². The number of anilines is 1. The Morgan fingerprint density at radius 3 is 2.28 bits per heavy atom. The fourth-order valence-electron chi connectivity index (χ4n) is 1.91. The van der Waals surface area contributed by atoms with E-state index in [1.807, 2.05) is 0 Å². The molecule has 0 bridgehead atoms. The Bertz CT molecular complexity index is 782. The number of carbonyl (C=O) groups excluding carboxylic acids is 2. The van der Waals surface area contributed by atoms with Gasteiger partial charge in [0.05, 0.1) is 5.69 Å². The number of benzene rings is 2. The lowest BCUT2D eigenvalue weighted by Gasteiger charge is -2.12. The van der Waals surface area contributed by atoms with Crippen LogP contribution >= 0.6 is 12.2 Å². The van der Waals surface area contributed by atoms with Gasteiger partial charge in [-0.1, -0.05) is 12.1 Å². The van der Waals surface area contributed by atoms with Gasteiger partial charge in [0.25, 0.3) is 0 Å². The van der Waals surface area contributed by atoms with E-state index >= 15 is 0 Å². The van der Waals surface area contributed by atoms with Crippen molar-refractivity contribution < 1.29 is 18.4 Å². The van der Waals surface area contributed by atoms with Crippen molar-refractivity contribution in [3.05, 3.63) is 65.7 Å². The van der Waals surface area contributed by atoms with Crippen LogP contribution < -0.4 is 16.2 Å². The van der Waals surface area contributed by atoms with Gasteiger partial charge >= 0.3 is 0 Å². The molecule has 0 atom stereocenters. The van der Waals surface area contributed by atoms with E-state index < -0.39 is 17.5 Å². The minimum absolute atomic E-state index is 0.00307. The van der Waals surface area contributed by atoms with Crippen LogP contribution in [0.4, 0.5) is 14.5 Å². The van der Waals surface area contributed by atoms with Gasteiger partial charge in [-0.25, -0.2) is 8.78 Å². The summed E-state index contributed by atoms with van der Waals surface area (Å²) in [6.45, 7) is 0. The number of thiocarbonyl (C=S) groups is 1. The molecule has 0 heterocycles. The summed E-state index contributed by atoms with van der Waals surface area (Å²) in [5, 5.41) is 2.59. The number of carbonyl (C=O) groups is 2. The maximum atomic E-state index is 13.4. The molecule has 1 amide bonds. The zero-order valence-corrected chi connectivity index (χ0v) is 13.8. The number of nitrogens with one attached hydrogen (secondary N) is 3. The second kappa shape index (κ2) is 8.84. The Labute approximate surface area is 148 Å². The lowest BCUT2D eigenvalue weighted by atomic mass is 10.1. The number of halogens is 2. The van der Waals surface area contributed by atoms with Gasteiger partial charge < -0.3 is 5.32 Å². The summed E-state index contributed by atoms with van der Waals surface area (Å²) in [4.78, 5) is 23.6. The molecule has 5 nitrogen and oxygen atoms in total. The molecule has 0 fully saturated rings. The highest BCUT2D eigenvalue weighted by Crippen LogP contribution is 2.11. The molecule has 0 saturated carbocycles. The molecular formula is C17H15F2N3O2S. The first kappa shape index (κ1) is 18.5. The van der Waals surface area contributed by atoms with E-state index in [0.717, 1.165) is 0 Å². The maximum absolute atomic E-state index is 13.4. The number of hydrogen-bond donors (Lipinski definition) is 3. The molecule has 0 aliphatic rings. The number of amides is 1. The van der Waals surface area contributed by atoms with Gasteiger partial charge in [-0.15, -0.1) is 0 Å². The van der Waals surface area contributed by atoms with E-state index in [1.54, 1.807) is 6.07 Å². The van der Waals surface area contributed by atoms with Gasteiger partial charge in [0.15, 0.2) is 10.9 Å². The molecule has 8 heteroatoms. The first-order chi connectivity index (χ1) is 12.0. The van der Waals surface area contributed by atoms with Crippen molar-refractivity contribution in [3.63, 3.8) is 0 Å². The van der Waals surface area contributed by atoms with Gasteiger partial charge in [-0.05, 0) is 48.6 Å². The van der Waals surface area contributed by atoms with Crippen molar-refractivity contribution in [2.75, 3.05) is 5.32 Å². The highest BCUT2D eigenvalue weighted by Gasteiger charge is 2.10. The van der Waals surface area contributed by atoms with Gasteiger partial charge in [0.2, 0.25) is 5.91 Å². The third-order valence-electron chi connectivity index (χ3n) is 3.18. The number of hydrogen-bond acceptors (Lipinski definition) is 3. The fourth-order valence-corrected chi connectivity index (χ4v) is 2.07. The quantitative estimate of drug-likeness (QED) is 0.433. The van der Waals surface area contributed by atoms with Crippen LogP contribution in [0.25, 0.3) is 0 Å². The maximum Gasteiger partial charge on any atom is 0.238 e. The number of rotatable bonds is 5. The molecule has 3 N–H and O–H groups in total. The van der Waals surface area contributed by atoms with Crippen LogP contribution in [0.2, 0.25) is 0 Å². The van der Waals surface area contributed by atoms with Crippen LogP contribution in [-0.4, -0.2) is 16.8 Å². The average molecular weight is 363 g/mol. The van der Waals surface area contributed by atoms with E-state index in [0.29, 0.717) is 5.56 Å². The van der Waals surface area contributed by atoms with E-state index in [2.05, 4.69) is 16.2 Å². The second-order valence-corrected chi connectivity index (χ2v) is 5.45. The molecule has 2 rings (SSSR count). The standard InChI is InChI=1S/C17H15F2N3O2S/c18-12-7-5-11(6-8-12)15(23)9-10-16(24)21-22-17(25)20-14-4-2-1-3-13(14)19/h1-8H,9-10H2,(H,21,24)(H2,20,22,25). The summed E-state index contributed by atoms with van der Waals surface area (Å²) in [6, 6.07) is 11.0. The van der Waals surface area contributed by atoms with Crippen molar-refractivity contribution in [2.24, 2.45) is 0 Å². The van der Waals surface area contributed by atoms with Crippen LogP contribution in [0.15, 0.2) is 48.5 Å². The largest absolute Gasteiger partial charge is 0.329 e. The van der Waals surface area contributed by atoms with Crippen molar-refractivity contribution in [3.8, 4) is 0 Å². The zero-order valence-electron chi connectivity index (χ0n) is 13.0. The molecule has 2 aromatic carbocycles. The Balaban J connectivity index is 1.73. The molecule has 0 saturated heterocycles. The van der Waals surface area contributed by atoms with Crippen LogP contribution in [0.3, 0.4) is 0 Å².